The number of rotatable bonds is 2. The number of hydrogen-bond donors (Lipinski definition) is 1. The van der Waals surface area contributed by atoms with Gasteiger partial charge in [-0.2, -0.15) is 0 Å². The fraction of sp³-hybridized carbons (Fsp3) is 0.538. The van der Waals surface area contributed by atoms with Crippen molar-refractivity contribution in [1.82, 2.24) is 0 Å². The van der Waals surface area contributed by atoms with Gasteiger partial charge in [-0.1, -0.05) is 18.6 Å². The minimum atomic E-state index is -0.125. The lowest BCUT2D eigenvalue weighted by atomic mass is 10.0. The van der Waals surface area contributed by atoms with Crippen molar-refractivity contribution in [3.05, 3.63) is 30.1 Å². The zero-order valence-electron chi connectivity index (χ0n) is 9.53. The molecule has 0 saturated carbocycles. The lowest BCUT2D eigenvalue weighted by Crippen LogP contribution is -2.32. The van der Waals surface area contributed by atoms with E-state index in [-0.39, 0.29) is 5.82 Å². The molecule has 0 spiro atoms. The van der Waals surface area contributed by atoms with Gasteiger partial charge in [-0.15, -0.1) is 0 Å². The third-order valence-electron chi connectivity index (χ3n) is 3.30. The second kappa shape index (κ2) is 5.30. The summed E-state index contributed by atoms with van der Waals surface area (Å²) in [6, 6.07) is 7.00. The van der Waals surface area contributed by atoms with E-state index in [0.29, 0.717) is 12.5 Å². The summed E-state index contributed by atoms with van der Waals surface area (Å²) in [6.07, 6.45) is 3.50. The standard InChI is InChI=1S/C13H19FN2/c14-12-6-1-2-7-13(12)16-8-4-3-5-11(9-15)10-16/h1-2,6-7,11H,3-5,8-10,15H2. The van der Waals surface area contributed by atoms with Crippen LogP contribution in [0, 0.1) is 11.7 Å². The van der Waals surface area contributed by atoms with E-state index < -0.39 is 0 Å². The molecule has 0 bridgehead atoms. The monoisotopic (exact) mass is 222 g/mol. The molecule has 1 aliphatic heterocycles. The Labute approximate surface area is 96.2 Å². The quantitative estimate of drug-likeness (QED) is 0.832. The van der Waals surface area contributed by atoms with Gasteiger partial charge >= 0.3 is 0 Å². The second-order valence-electron chi connectivity index (χ2n) is 4.49. The number of benzene rings is 1. The van der Waals surface area contributed by atoms with Gasteiger partial charge in [0.1, 0.15) is 5.82 Å². The van der Waals surface area contributed by atoms with Gasteiger partial charge in [-0.05, 0) is 37.4 Å². The van der Waals surface area contributed by atoms with Crippen LogP contribution in [0.25, 0.3) is 0 Å². The minimum absolute atomic E-state index is 0.125. The first-order valence-electron chi connectivity index (χ1n) is 6.01. The number of hydrogen-bond acceptors (Lipinski definition) is 2. The highest BCUT2D eigenvalue weighted by atomic mass is 19.1. The molecule has 1 aliphatic rings. The zero-order chi connectivity index (χ0) is 11.4. The van der Waals surface area contributed by atoms with Gasteiger partial charge in [0.15, 0.2) is 0 Å². The molecule has 1 aromatic rings. The van der Waals surface area contributed by atoms with Crippen LogP contribution in [0.3, 0.4) is 0 Å². The number of para-hydroxylation sites is 1. The summed E-state index contributed by atoms with van der Waals surface area (Å²) in [5.41, 5.74) is 6.46. The zero-order valence-corrected chi connectivity index (χ0v) is 9.53. The molecule has 88 valence electrons. The fourth-order valence-electron chi connectivity index (χ4n) is 2.35. The molecule has 0 amide bonds. The van der Waals surface area contributed by atoms with E-state index in [1.165, 1.54) is 18.9 Å². The largest absolute Gasteiger partial charge is 0.369 e. The Kier molecular flexibility index (Phi) is 3.78. The van der Waals surface area contributed by atoms with E-state index in [0.717, 1.165) is 25.2 Å². The van der Waals surface area contributed by atoms with Crippen LogP contribution in [0.15, 0.2) is 24.3 Å². The Morgan fingerprint density at radius 2 is 2.12 bits per heavy atom. The SMILES string of the molecule is NCC1CCCCN(c2ccccc2F)C1. The van der Waals surface area contributed by atoms with Crippen molar-refractivity contribution in [3.8, 4) is 0 Å². The highest BCUT2D eigenvalue weighted by Gasteiger charge is 2.18. The Morgan fingerprint density at radius 1 is 1.31 bits per heavy atom. The van der Waals surface area contributed by atoms with Crippen LogP contribution in [0.5, 0.6) is 0 Å². The van der Waals surface area contributed by atoms with Crippen LogP contribution in [0.1, 0.15) is 19.3 Å². The van der Waals surface area contributed by atoms with Crippen molar-refractivity contribution in [2.75, 3.05) is 24.5 Å². The van der Waals surface area contributed by atoms with Crippen LogP contribution >= 0.6 is 0 Å². The van der Waals surface area contributed by atoms with E-state index in [9.17, 15) is 4.39 Å². The molecule has 0 aromatic heterocycles. The van der Waals surface area contributed by atoms with E-state index in [4.69, 9.17) is 5.73 Å². The van der Waals surface area contributed by atoms with Crippen molar-refractivity contribution in [2.45, 2.75) is 19.3 Å². The Bertz CT molecular complexity index is 340. The van der Waals surface area contributed by atoms with Crippen LogP contribution < -0.4 is 10.6 Å². The van der Waals surface area contributed by atoms with Crippen molar-refractivity contribution >= 4 is 5.69 Å². The van der Waals surface area contributed by atoms with Crippen LogP contribution in [0.2, 0.25) is 0 Å². The lowest BCUT2D eigenvalue weighted by molar-refractivity contribution is 0.505. The van der Waals surface area contributed by atoms with Gasteiger partial charge in [-0.3, -0.25) is 0 Å². The molecule has 2 N–H and O–H groups in total. The van der Waals surface area contributed by atoms with E-state index in [2.05, 4.69) is 4.90 Å². The third kappa shape index (κ3) is 2.53. The fourth-order valence-corrected chi connectivity index (χ4v) is 2.35. The lowest BCUT2D eigenvalue weighted by Gasteiger charge is -2.26. The molecule has 1 heterocycles. The average Bonchev–Trinajstić information content (AvgIpc) is 2.55. The van der Waals surface area contributed by atoms with Gasteiger partial charge in [0.25, 0.3) is 0 Å². The van der Waals surface area contributed by atoms with Crippen molar-refractivity contribution < 1.29 is 4.39 Å². The molecule has 16 heavy (non-hydrogen) atoms. The molecule has 1 fully saturated rings. The van der Waals surface area contributed by atoms with Gasteiger partial charge in [0.2, 0.25) is 0 Å². The summed E-state index contributed by atoms with van der Waals surface area (Å²) in [7, 11) is 0. The highest BCUT2D eigenvalue weighted by Crippen LogP contribution is 2.24. The second-order valence-corrected chi connectivity index (χ2v) is 4.49. The predicted octanol–water partition coefficient (Wildman–Crippen LogP) is 2.39. The first-order chi connectivity index (χ1) is 7.81. The molecular formula is C13H19FN2. The van der Waals surface area contributed by atoms with Crippen molar-refractivity contribution in [3.63, 3.8) is 0 Å². The Balaban J connectivity index is 2.16. The molecule has 0 aliphatic carbocycles. The highest BCUT2D eigenvalue weighted by molar-refractivity contribution is 5.47. The summed E-state index contributed by atoms with van der Waals surface area (Å²) in [4.78, 5) is 2.14. The average molecular weight is 222 g/mol. The van der Waals surface area contributed by atoms with Gasteiger partial charge < -0.3 is 10.6 Å². The summed E-state index contributed by atoms with van der Waals surface area (Å²) in [5.74, 6) is 0.377. The van der Waals surface area contributed by atoms with Crippen molar-refractivity contribution in [1.29, 1.82) is 0 Å². The maximum Gasteiger partial charge on any atom is 0.146 e. The first kappa shape index (κ1) is 11.4. The van der Waals surface area contributed by atoms with E-state index in [1.807, 2.05) is 12.1 Å². The molecule has 2 rings (SSSR count). The molecule has 0 radical (unpaired) electrons. The molecule has 1 aromatic carbocycles. The van der Waals surface area contributed by atoms with Crippen LogP contribution in [-0.4, -0.2) is 19.6 Å². The topological polar surface area (TPSA) is 29.3 Å². The third-order valence-corrected chi connectivity index (χ3v) is 3.30. The van der Waals surface area contributed by atoms with Gasteiger partial charge in [0.05, 0.1) is 5.69 Å². The maximum absolute atomic E-state index is 13.7. The van der Waals surface area contributed by atoms with Gasteiger partial charge in [-0.25, -0.2) is 4.39 Å². The number of anilines is 1. The predicted molar refractivity (Wildman–Crippen MR) is 65.0 cm³/mol. The summed E-state index contributed by atoms with van der Waals surface area (Å²) < 4.78 is 13.7. The summed E-state index contributed by atoms with van der Waals surface area (Å²) in [6.45, 7) is 2.53. The van der Waals surface area contributed by atoms with Gasteiger partial charge in [0, 0.05) is 13.1 Å². The van der Waals surface area contributed by atoms with E-state index in [1.54, 1.807) is 6.07 Å². The molecule has 3 heteroatoms. The molecule has 1 unspecified atom stereocenters. The van der Waals surface area contributed by atoms with Crippen LogP contribution in [0.4, 0.5) is 10.1 Å². The summed E-state index contributed by atoms with van der Waals surface area (Å²) in [5, 5.41) is 0. The normalized spacial score (nSPS) is 21.9. The summed E-state index contributed by atoms with van der Waals surface area (Å²) >= 11 is 0. The molecule has 2 nitrogen and oxygen atoms in total. The van der Waals surface area contributed by atoms with Crippen molar-refractivity contribution in [2.24, 2.45) is 11.7 Å². The number of halogens is 1. The smallest absolute Gasteiger partial charge is 0.146 e. The molecule has 1 saturated heterocycles. The number of nitrogens with zero attached hydrogens (tertiary/aromatic N) is 1. The maximum atomic E-state index is 13.7. The Morgan fingerprint density at radius 3 is 2.88 bits per heavy atom. The van der Waals surface area contributed by atoms with Crippen LogP contribution in [-0.2, 0) is 0 Å². The number of nitrogens with two attached hydrogens (primary N) is 1. The molecule has 1 atom stereocenters. The molecular weight excluding hydrogens is 203 g/mol. The Hall–Kier alpha value is -1.09. The first-order valence-corrected chi connectivity index (χ1v) is 6.01. The van der Waals surface area contributed by atoms with E-state index >= 15 is 0 Å². The minimum Gasteiger partial charge on any atom is -0.369 e.